The zero-order valence-corrected chi connectivity index (χ0v) is 16.0. The highest BCUT2D eigenvalue weighted by molar-refractivity contribution is 7.99. The predicted molar refractivity (Wildman–Crippen MR) is 111 cm³/mol. The van der Waals surface area contributed by atoms with Gasteiger partial charge in [0.15, 0.2) is 0 Å². The lowest BCUT2D eigenvalue weighted by Gasteiger charge is -2.41. The molecule has 136 valence electrons. The zero-order valence-electron chi connectivity index (χ0n) is 15.2. The Hall–Kier alpha value is -2.60. The summed E-state index contributed by atoms with van der Waals surface area (Å²) in [5, 5.41) is 3.62. The summed E-state index contributed by atoms with van der Waals surface area (Å²) in [5.74, 6) is 2.94. The minimum Gasteiger partial charge on any atom is -0.356 e. The molecule has 0 saturated heterocycles. The van der Waals surface area contributed by atoms with Gasteiger partial charge in [-0.05, 0) is 42.3 Å². The summed E-state index contributed by atoms with van der Waals surface area (Å²) < 4.78 is 0. The van der Waals surface area contributed by atoms with Crippen LogP contribution in [0.3, 0.4) is 0 Å². The maximum absolute atomic E-state index is 4.52. The van der Waals surface area contributed by atoms with Crippen LogP contribution in [-0.4, -0.2) is 38.8 Å². The average molecular weight is 376 g/mol. The first kappa shape index (κ1) is 16.6. The van der Waals surface area contributed by atoms with Crippen molar-refractivity contribution >= 4 is 39.4 Å². The second-order valence-electron chi connectivity index (χ2n) is 7.20. The van der Waals surface area contributed by atoms with Crippen LogP contribution < -0.4 is 4.90 Å². The Kier molecular flexibility index (Phi) is 4.20. The summed E-state index contributed by atoms with van der Waals surface area (Å²) in [6, 6.07) is 11.2. The fourth-order valence-electron chi connectivity index (χ4n) is 3.89. The molecule has 1 aliphatic carbocycles. The molecule has 27 heavy (non-hydrogen) atoms. The van der Waals surface area contributed by atoms with Crippen LogP contribution in [-0.2, 0) is 0 Å². The Morgan fingerprint density at radius 3 is 3.00 bits per heavy atom. The molecule has 0 radical (unpaired) electrons. The monoisotopic (exact) mass is 375 g/mol. The highest BCUT2D eigenvalue weighted by Crippen LogP contribution is 2.39. The lowest BCUT2D eigenvalue weighted by Crippen LogP contribution is -2.43. The van der Waals surface area contributed by atoms with E-state index in [0.29, 0.717) is 6.04 Å². The van der Waals surface area contributed by atoms with Crippen molar-refractivity contribution in [1.29, 1.82) is 0 Å². The molecule has 5 nitrogen and oxygen atoms in total. The van der Waals surface area contributed by atoms with Crippen molar-refractivity contribution < 1.29 is 0 Å². The molecule has 1 fully saturated rings. The predicted octanol–water partition coefficient (Wildman–Crippen LogP) is 4.51. The number of anilines is 1. The number of nitrogens with zero attached hydrogens (tertiary/aromatic N) is 4. The molecule has 0 aliphatic heterocycles. The topological polar surface area (TPSA) is 57.7 Å². The summed E-state index contributed by atoms with van der Waals surface area (Å²) in [6.45, 7) is 0. The molecule has 1 aromatic carbocycles. The van der Waals surface area contributed by atoms with Gasteiger partial charge in [0.25, 0.3) is 0 Å². The molecule has 0 bridgehead atoms. The zero-order chi connectivity index (χ0) is 18.2. The van der Waals surface area contributed by atoms with E-state index in [1.807, 2.05) is 30.4 Å². The van der Waals surface area contributed by atoms with E-state index in [4.69, 9.17) is 0 Å². The first-order valence-electron chi connectivity index (χ1n) is 9.26. The molecular weight excluding hydrogens is 354 g/mol. The van der Waals surface area contributed by atoms with E-state index >= 15 is 0 Å². The van der Waals surface area contributed by atoms with E-state index in [0.717, 1.165) is 28.5 Å². The third-order valence-corrected chi connectivity index (χ3v) is 6.85. The number of aromatic amines is 1. The largest absolute Gasteiger partial charge is 0.356 e. The number of H-pyrrole nitrogens is 1. The van der Waals surface area contributed by atoms with Crippen molar-refractivity contribution in [1.82, 2.24) is 19.9 Å². The Bertz CT molecular complexity index is 1080. The van der Waals surface area contributed by atoms with E-state index in [-0.39, 0.29) is 0 Å². The van der Waals surface area contributed by atoms with Gasteiger partial charge in [-0.15, -0.1) is 11.8 Å². The Morgan fingerprint density at radius 2 is 2.07 bits per heavy atom. The standard InChI is InChI=1S/C21H21N5S/c1-26(21-18-6-8-23-20(18)24-13-25-21)16-9-14(10-16)12-27-19-4-2-3-15-11-22-7-5-17(15)19/h2-8,11,13-14,16H,9-10,12H2,1H3,(H,23,24,25)/t14-,16+. The molecule has 3 heterocycles. The van der Waals surface area contributed by atoms with Crippen LogP contribution in [0.25, 0.3) is 21.8 Å². The van der Waals surface area contributed by atoms with Gasteiger partial charge in [0, 0.05) is 47.7 Å². The van der Waals surface area contributed by atoms with Gasteiger partial charge >= 0.3 is 0 Å². The number of benzene rings is 1. The number of hydrogen-bond acceptors (Lipinski definition) is 5. The molecule has 3 aromatic heterocycles. The molecule has 0 amide bonds. The fourth-order valence-corrected chi connectivity index (χ4v) is 5.10. The molecule has 4 aromatic rings. The van der Waals surface area contributed by atoms with Crippen LogP contribution in [0.15, 0.2) is 60.1 Å². The maximum atomic E-state index is 4.52. The van der Waals surface area contributed by atoms with Gasteiger partial charge < -0.3 is 9.88 Å². The van der Waals surface area contributed by atoms with Crippen LogP contribution in [0.5, 0.6) is 0 Å². The van der Waals surface area contributed by atoms with Crippen LogP contribution in [0.1, 0.15) is 12.8 Å². The number of thioether (sulfide) groups is 1. The third kappa shape index (κ3) is 3.04. The summed E-state index contributed by atoms with van der Waals surface area (Å²) in [6.07, 6.45) is 9.82. The van der Waals surface area contributed by atoms with Gasteiger partial charge in [0.1, 0.15) is 17.8 Å². The van der Waals surface area contributed by atoms with E-state index in [9.17, 15) is 0 Å². The van der Waals surface area contributed by atoms with E-state index in [2.05, 4.69) is 62.2 Å². The van der Waals surface area contributed by atoms with Crippen molar-refractivity contribution in [2.75, 3.05) is 17.7 Å². The lowest BCUT2D eigenvalue weighted by molar-refractivity contribution is 0.286. The van der Waals surface area contributed by atoms with Crippen molar-refractivity contribution in [3.05, 3.63) is 55.2 Å². The van der Waals surface area contributed by atoms with Crippen molar-refractivity contribution in [3.8, 4) is 0 Å². The minimum absolute atomic E-state index is 0.556. The Balaban J connectivity index is 1.23. The molecule has 6 heteroatoms. The van der Waals surface area contributed by atoms with Gasteiger partial charge in [-0.1, -0.05) is 12.1 Å². The minimum atomic E-state index is 0.556. The molecule has 1 aliphatic rings. The van der Waals surface area contributed by atoms with Crippen molar-refractivity contribution in [2.24, 2.45) is 5.92 Å². The molecule has 1 N–H and O–H groups in total. The number of rotatable bonds is 5. The van der Waals surface area contributed by atoms with Gasteiger partial charge in [0.05, 0.1) is 5.39 Å². The fraction of sp³-hybridized carbons (Fsp3) is 0.286. The third-order valence-electron chi connectivity index (χ3n) is 5.54. The highest BCUT2D eigenvalue weighted by atomic mass is 32.2. The second-order valence-corrected chi connectivity index (χ2v) is 8.27. The highest BCUT2D eigenvalue weighted by Gasteiger charge is 2.33. The molecule has 1 saturated carbocycles. The molecule has 0 spiro atoms. The number of fused-ring (bicyclic) bond motifs is 2. The number of aromatic nitrogens is 4. The van der Waals surface area contributed by atoms with E-state index < -0.39 is 0 Å². The summed E-state index contributed by atoms with van der Waals surface area (Å²) in [4.78, 5) is 19.9. The van der Waals surface area contributed by atoms with E-state index in [1.165, 1.54) is 28.5 Å². The van der Waals surface area contributed by atoms with E-state index in [1.54, 1.807) is 6.33 Å². The molecule has 0 atom stereocenters. The van der Waals surface area contributed by atoms with Crippen molar-refractivity contribution in [2.45, 2.75) is 23.8 Å². The first-order chi connectivity index (χ1) is 13.3. The average Bonchev–Trinajstić information content (AvgIpc) is 3.15. The Labute approximate surface area is 162 Å². The Morgan fingerprint density at radius 1 is 1.15 bits per heavy atom. The van der Waals surface area contributed by atoms with Crippen LogP contribution in [0.4, 0.5) is 5.82 Å². The summed E-state index contributed by atoms with van der Waals surface area (Å²) in [5.41, 5.74) is 0.906. The SMILES string of the molecule is CN(c1ncnc2[nH]ccc12)[C@H]1C[C@@H](CSc2cccc3cnccc23)C1. The van der Waals surface area contributed by atoms with Crippen molar-refractivity contribution in [3.63, 3.8) is 0 Å². The second kappa shape index (κ2) is 6.85. The number of nitrogens with one attached hydrogen (secondary N) is 1. The van der Waals surface area contributed by atoms with Gasteiger partial charge in [0.2, 0.25) is 0 Å². The maximum Gasteiger partial charge on any atom is 0.142 e. The molecule has 0 unspecified atom stereocenters. The molecule has 5 rings (SSSR count). The molecular formula is C21H21N5S. The van der Waals surface area contributed by atoms with Crippen LogP contribution in [0, 0.1) is 5.92 Å². The number of hydrogen-bond donors (Lipinski definition) is 1. The summed E-state index contributed by atoms with van der Waals surface area (Å²) >= 11 is 1.97. The van der Waals surface area contributed by atoms with Gasteiger partial charge in [-0.25, -0.2) is 9.97 Å². The number of pyridine rings is 1. The first-order valence-corrected chi connectivity index (χ1v) is 10.2. The normalized spacial score (nSPS) is 19.3. The van der Waals surface area contributed by atoms with Gasteiger partial charge in [-0.2, -0.15) is 0 Å². The quantitative estimate of drug-likeness (QED) is 0.520. The van der Waals surface area contributed by atoms with Gasteiger partial charge in [-0.3, -0.25) is 4.98 Å². The smallest absolute Gasteiger partial charge is 0.142 e. The van der Waals surface area contributed by atoms with Crippen LogP contribution >= 0.6 is 11.8 Å². The van der Waals surface area contributed by atoms with Crippen LogP contribution in [0.2, 0.25) is 0 Å². The summed E-state index contributed by atoms with van der Waals surface area (Å²) in [7, 11) is 2.15. The lowest BCUT2D eigenvalue weighted by atomic mass is 9.81.